The Morgan fingerprint density at radius 3 is 2.88 bits per heavy atom. The fourth-order valence-electron chi connectivity index (χ4n) is 2.68. The van der Waals surface area contributed by atoms with Crippen molar-refractivity contribution in [2.45, 2.75) is 31.0 Å². The number of azide groups is 1. The minimum Gasteiger partial charge on any atom is -0.394 e. The molecule has 4 N–H and O–H groups in total. The average Bonchev–Trinajstić information content (AvgIpc) is 3.17. The van der Waals surface area contributed by atoms with Crippen LogP contribution in [0.4, 0.5) is 5.82 Å². The van der Waals surface area contributed by atoms with Gasteiger partial charge in [-0.15, -0.1) is 0 Å². The second-order valence-corrected chi connectivity index (χ2v) is 5.51. The standard InChI is InChI=1S/C13H18N8O4/c14-20-19-3-1-2-15-11-8-12(17-5-16-11)21(6-18-8)13-10(24)9(23)7(4-22)25-13/h5-7,9-10,13,22-24H,1-4H2,(H,15,16,17)/t7-,9?,10?,13-/m1/s1. The van der Waals surface area contributed by atoms with E-state index in [2.05, 4.69) is 30.3 Å². The molecule has 12 heteroatoms. The lowest BCUT2D eigenvalue weighted by Crippen LogP contribution is -2.33. The first-order chi connectivity index (χ1) is 12.2. The quantitative estimate of drug-likeness (QED) is 0.225. The number of imidazole rings is 1. The van der Waals surface area contributed by atoms with E-state index in [4.69, 9.17) is 10.3 Å². The van der Waals surface area contributed by atoms with Crippen molar-refractivity contribution in [1.82, 2.24) is 19.5 Å². The van der Waals surface area contributed by atoms with Gasteiger partial charge in [-0.05, 0) is 12.0 Å². The van der Waals surface area contributed by atoms with E-state index >= 15 is 0 Å². The van der Waals surface area contributed by atoms with E-state index in [-0.39, 0.29) is 0 Å². The molecule has 3 rings (SSSR count). The monoisotopic (exact) mass is 350 g/mol. The molecule has 2 unspecified atom stereocenters. The molecule has 2 aromatic rings. The largest absolute Gasteiger partial charge is 0.394 e. The lowest BCUT2D eigenvalue weighted by atomic mass is 10.1. The highest BCUT2D eigenvalue weighted by atomic mass is 16.6. The molecule has 0 spiro atoms. The zero-order chi connectivity index (χ0) is 17.8. The summed E-state index contributed by atoms with van der Waals surface area (Å²) in [6.07, 6.45) is -0.798. The molecule has 0 aromatic carbocycles. The summed E-state index contributed by atoms with van der Waals surface area (Å²) in [5.41, 5.74) is 9.14. The first-order valence-electron chi connectivity index (χ1n) is 7.72. The molecule has 1 aliphatic rings. The number of hydrogen-bond donors (Lipinski definition) is 4. The van der Waals surface area contributed by atoms with Gasteiger partial charge < -0.3 is 25.4 Å². The van der Waals surface area contributed by atoms with E-state index in [1.54, 1.807) is 0 Å². The van der Waals surface area contributed by atoms with Crippen LogP contribution < -0.4 is 5.32 Å². The Labute approximate surface area is 141 Å². The van der Waals surface area contributed by atoms with E-state index < -0.39 is 31.1 Å². The van der Waals surface area contributed by atoms with Crippen LogP contribution in [0.15, 0.2) is 17.8 Å². The lowest BCUT2D eigenvalue weighted by Gasteiger charge is -2.16. The SMILES string of the molecule is [N-]=[N+]=NCCCNc1ncnc2c1ncn2[C@@H]1O[C@H](CO)C(O)C1O. The summed E-state index contributed by atoms with van der Waals surface area (Å²) in [5.74, 6) is 0.497. The Bertz CT molecular complexity index is 776. The summed E-state index contributed by atoms with van der Waals surface area (Å²) in [6.45, 7) is 0.495. The highest BCUT2D eigenvalue weighted by Crippen LogP contribution is 2.31. The molecule has 0 radical (unpaired) electrons. The van der Waals surface area contributed by atoms with Gasteiger partial charge >= 0.3 is 0 Å². The fourth-order valence-corrected chi connectivity index (χ4v) is 2.68. The summed E-state index contributed by atoms with van der Waals surface area (Å²) in [5, 5.41) is 35.8. The minimum absolute atomic E-state index is 0.370. The van der Waals surface area contributed by atoms with Crippen molar-refractivity contribution in [2.24, 2.45) is 5.11 Å². The highest BCUT2D eigenvalue weighted by Gasteiger charge is 2.44. The number of nitrogens with zero attached hydrogens (tertiary/aromatic N) is 7. The minimum atomic E-state index is -1.22. The van der Waals surface area contributed by atoms with Crippen molar-refractivity contribution in [3.63, 3.8) is 0 Å². The normalized spacial score (nSPS) is 25.9. The molecule has 2 aromatic heterocycles. The molecule has 0 saturated carbocycles. The third-order valence-corrected chi connectivity index (χ3v) is 3.94. The molecule has 1 saturated heterocycles. The van der Waals surface area contributed by atoms with E-state index in [1.165, 1.54) is 17.2 Å². The Kier molecular flexibility index (Phi) is 5.26. The molecular weight excluding hydrogens is 332 g/mol. The summed E-state index contributed by atoms with van der Waals surface area (Å²) < 4.78 is 6.99. The molecule has 134 valence electrons. The van der Waals surface area contributed by atoms with E-state index in [0.717, 1.165) is 0 Å². The molecule has 0 bridgehead atoms. The summed E-state index contributed by atoms with van der Waals surface area (Å²) in [7, 11) is 0. The molecule has 25 heavy (non-hydrogen) atoms. The third kappa shape index (κ3) is 3.34. The lowest BCUT2D eigenvalue weighted by molar-refractivity contribution is -0.0511. The number of ether oxygens (including phenoxy) is 1. The van der Waals surface area contributed by atoms with Crippen LogP contribution in [-0.4, -0.2) is 72.8 Å². The molecule has 12 nitrogen and oxygen atoms in total. The zero-order valence-electron chi connectivity index (χ0n) is 13.2. The summed E-state index contributed by atoms with van der Waals surface area (Å²) in [6, 6.07) is 0. The number of aromatic nitrogens is 4. The number of anilines is 1. The predicted octanol–water partition coefficient (Wildman–Crippen LogP) is -0.450. The smallest absolute Gasteiger partial charge is 0.167 e. The van der Waals surface area contributed by atoms with Crippen molar-refractivity contribution in [1.29, 1.82) is 0 Å². The summed E-state index contributed by atoms with van der Waals surface area (Å²) in [4.78, 5) is 15.2. The average molecular weight is 350 g/mol. The van der Waals surface area contributed by atoms with Gasteiger partial charge in [0.2, 0.25) is 0 Å². The zero-order valence-corrected chi connectivity index (χ0v) is 13.2. The van der Waals surface area contributed by atoms with E-state index in [1.807, 2.05) is 0 Å². The number of aliphatic hydroxyl groups is 3. The molecule has 4 atom stereocenters. The van der Waals surface area contributed by atoms with Gasteiger partial charge in [0.05, 0.1) is 12.9 Å². The van der Waals surface area contributed by atoms with Gasteiger partial charge in [-0.3, -0.25) is 4.57 Å². The van der Waals surface area contributed by atoms with Crippen LogP contribution in [0.2, 0.25) is 0 Å². The van der Waals surface area contributed by atoms with E-state index in [0.29, 0.717) is 36.5 Å². The fraction of sp³-hybridized carbons (Fsp3) is 0.615. The molecule has 1 aliphatic heterocycles. The maximum absolute atomic E-state index is 10.1. The van der Waals surface area contributed by atoms with Gasteiger partial charge in [-0.25, -0.2) is 15.0 Å². The molecule has 0 amide bonds. The second kappa shape index (κ2) is 7.59. The van der Waals surface area contributed by atoms with Crippen molar-refractivity contribution in [3.05, 3.63) is 23.1 Å². The van der Waals surface area contributed by atoms with Crippen LogP contribution in [0.1, 0.15) is 12.6 Å². The molecule has 3 heterocycles. The molecule has 1 fully saturated rings. The Hall–Kier alpha value is -2.50. The van der Waals surface area contributed by atoms with Gasteiger partial charge in [-0.2, -0.15) is 0 Å². The predicted molar refractivity (Wildman–Crippen MR) is 85.5 cm³/mol. The summed E-state index contributed by atoms with van der Waals surface area (Å²) >= 11 is 0. The van der Waals surface area contributed by atoms with Crippen LogP contribution in [0, 0.1) is 0 Å². The van der Waals surface area contributed by atoms with E-state index in [9.17, 15) is 15.3 Å². The van der Waals surface area contributed by atoms with Crippen LogP contribution in [0.5, 0.6) is 0 Å². The van der Waals surface area contributed by atoms with Crippen LogP contribution in [0.3, 0.4) is 0 Å². The van der Waals surface area contributed by atoms with Crippen molar-refractivity contribution < 1.29 is 20.1 Å². The van der Waals surface area contributed by atoms with Crippen LogP contribution in [-0.2, 0) is 4.74 Å². The van der Waals surface area contributed by atoms with Gasteiger partial charge in [0, 0.05) is 18.0 Å². The van der Waals surface area contributed by atoms with Gasteiger partial charge in [0.15, 0.2) is 23.2 Å². The Morgan fingerprint density at radius 1 is 1.32 bits per heavy atom. The highest BCUT2D eigenvalue weighted by molar-refractivity contribution is 5.82. The number of nitrogens with one attached hydrogen (secondary N) is 1. The van der Waals surface area contributed by atoms with Crippen LogP contribution >= 0.6 is 0 Å². The number of rotatable bonds is 7. The van der Waals surface area contributed by atoms with Crippen molar-refractivity contribution in [3.8, 4) is 0 Å². The first kappa shape index (κ1) is 17.3. The maximum atomic E-state index is 10.1. The van der Waals surface area contributed by atoms with Crippen molar-refractivity contribution >= 4 is 17.0 Å². The Balaban J connectivity index is 1.80. The van der Waals surface area contributed by atoms with Gasteiger partial charge in [-0.1, -0.05) is 5.11 Å². The maximum Gasteiger partial charge on any atom is 0.167 e. The second-order valence-electron chi connectivity index (χ2n) is 5.51. The van der Waals surface area contributed by atoms with Crippen LogP contribution in [0.25, 0.3) is 21.6 Å². The topological polar surface area (TPSA) is 174 Å². The number of hydrogen-bond acceptors (Lipinski definition) is 9. The number of aliphatic hydroxyl groups excluding tert-OH is 3. The van der Waals surface area contributed by atoms with Gasteiger partial charge in [0.1, 0.15) is 24.6 Å². The van der Waals surface area contributed by atoms with Crippen molar-refractivity contribution in [2.75, 3.05) is 25.0 Å². The first-order valence-corrected chi connectivity index (χ1v) is 7.72. The number of fused-ring (bicyclic) bond motifs is 1. The molecular formula is C13H18N8O4. The third-order valence-electron chi connectivity index (χ3n) is 3.94. The van der Waals surface area contributed by atoms with Gasteiger partial charge in [0.25, 0.3) is 0 Å². The Morgan fingerprint density at radius 2 is 2.16 bits per heavy atom. The molecule has 0 aliphatic carbocycles.